The second-order valence-corrected chi connectivity index (χ2v) is 7.40. The van der Waals surface area contributed by atoms with Crippen LogP contribution < -0.4 is 5.32 Å². The molecular formula is C15H25NO3S. The Hall–Kier alpha value is -0.910. The summed E-state index contributed by atoms with van der Waals surface area (Å²) in [5, 5.41) is 2.63. The summed E-state index contributed by atoms with van der Waals surface area (Å²) < 4.78 is 29.4. The van der Waals surface area contributed by atoms with E-state index in [1.165, 1.54) is 12.7 Å². The molecule has 4 nitrogen and oxygen atoms in total. The normalized spacial score (nSPS) is 15.0. The molecule has 0 aliphatic carbocycles. The van der Waals surface area contributed by atoms with Gasteiger partial charge in [0.15, 0.2) is 9.84 Å². The van der Waals surface area contributed by atoms with Crippen molar-refractivity contribution in [1.29, 1.82) is 0 Å². The van der Waals surface area contributed by atoms with Crippen LogP contribution in [0.2, 0.25) is 0 Å². The lowest BCUT2D eigenvalue weighted by Gasteiger charge is -2.24. The van der Waals surface area contributed by atoms with Gasteiger partial charge in [0.25, 0.3) is 0 Å². The molecule has 0 heterocycles. The molecule has 1 aromatic carbocycles. The number of sulfone groups is 1. The van der Waals surface area contributed by atoms with Crippen LogP contribution in [-0.2, 0) is 21.0 Å². The summed E-state index contributed by atoms with van der Waals surface area (Å²) in [6, 6.07) is 7.90. The number of hydrogen-bond acceptors (Lipinski definition) is 4. The first kappa shape index (κ1) is 17.1. The molecule has 0 amide bonds. The van der Waals surface area contributed by atoms with E-state index < -0.39 is 15.1 Å². The SMILES string of the molecule is CCc1ccc(C(NC)C(C)S(=O)(=O)CCOC)cc1. The minimum atomic E-state index is -3.19. The molecule has 0 saturated heterocycles. The van der Waals surface area contributed by atoms with Crippen molar-refractivity contribution in [3.8, 4) is 0 Å². The predicted molar refractivity (Wildman–Crippen MR) is 82.7 cm³/mol. The maximum atomic E-state index is 12.3. The van der Waals surface area contributed by atoms with Crippen LogP contribution in [-0.4, -0.2) is 40.2 Å². The van der Waals surface area contributed by atoms with E-state index in [1.54, 1.807) is 14.0 Å². The minimum Gasteiger partial charge on any atom is -0.384 e. The maximum absolute atomic E-state index is 12.3. The van der Waals surface area contributed by atoms with Gasteiger partial charge in [0, 0.05) is 13.2 Å². The molecule has 1 N–H and O–H groups in total. The maximum Gasteiger partial charge on any atom is 0.157 e. The van der Waals surface area contributed by atoms with Crippen molar-refractivity contribution < 1.29 is 13.2 Å². The molecule has 114 valence electrons. The molecule has 20 heavy (non-hydrogen) atoms. The van der Waals surface area contributed by atoms with E-state index in [-0.39, 0.29) is 18.4 Å². The molecule has 0 aliphatic rings. The summed E-state index contributed by atoms with van der Waals surface area (Å²) in [7, 11) is 0.120. The van der Waals surface area contributed by atoms with Crippen LogP contribution in [0, 0.1) is 0 Å². The molecule has 0 bridgehead atoms. The van der Waals surface area contributed by atoms with Gasteiger partial charge in [-0.3, -0.25) is 0 Å². The molecule has 0 saturated carbocycles. The molecule has 0 aromatic heterocycles. The van der Waals surface area contributed by atoms with Gasteiger partial charge in [-0.25, -0.2) is 8.42 Å². The number of benzene rings is 1. The van der Waals surface area contributed by atoms with E-state index >= 15 is 0 Å². The van der Waals surface area contributed by atoms with Gasteiger partial charge in [-0.2, -0.15) is 0 Å². The Morgan fingerprint density at radius 3 is 2.30 bits per heavy atom. The zero-order chi connectivity index (χ0) is 15.2. The molecular weight excluding hydrogens is 274 g/mol. The molecule has 5 heteroatoms. The zero-order valence-electron chi connectivity index (χ0n) is 12.7. The van der Waals surface area contributed by atoms with Gasteiger partial charge in [-0.05, 0) is 31.5 Å². The Balaban J connectivity index is 2.93. The molecule has 0 spiro atoms. The Kier molecular flexibility index (Phi) is 6.65. The van der Waals surface area contributed by atoms with Crippen molar-refractivity contribution in [3.05, 3.63) is 35.4 Å². The average Bonchev–Trinajstić information content (AvgIpc) is 2.46. The van der Waals surface area contributed by atoms with Gasteiger partial charge in [0.05, 0.1) is 17.6 Å². The van der Waals surface area contributed by atoms with Gasteiger partial charge in [0.2, 0.25) is 0 Å². The summed E-state index contributed by atoms with van der Waals surface area (Å²) in [6.45, 7) is 4.08. The molecule has 0 radical (unpaired) electrons. The highest BCUT2D eigenvalue weighted by atomic mass is 32.2. The first-order valence-electron chi connectivity index (χ1n) is 6.92. The summed E-state index contributed by atoms with van der Waals surface area (Å²) in [6.07, 6.45) is 0.978. The van der Waals surface area contributed by atoms with Crippen LogP contribution in [0.3, 0.4) is 0 Å². The first-order chi connectivity index (χ1) is 9.46. The van der Waals surface area contributed by atoms with Crippen LogP contribution in [0.25, 0.3) is 0 Å². The second-order valence-electron chi connectivity index (χ2n) is 4.93. The van der Waals surface area contributed by atoms with Crippen molar-refractivity contribution in [2.75, 3.05) is 26.5 Å². The fraction of sp³-hybridized carbons (Fsp3) is 0.600. The van der Waals surface area contributed by atoms with E-state index in [2.05, 4.69) is 12.2 Å². The smallest absolute Gasteiger partial charge is 0.157 e. The van der Waals surface area contributed by atoms with Gasteiger partial charge in [-0.15, -0.1) is 0 Å². The molecule has 1 aromatic rings. The molecule has 2 atom stereocenters. The third-order valence-corrected chi connectivity index (χ3v) is 5.81. The van der Waals surface area contributed by atoms with Gasteiger partial charge in [-0.1, -0.05) is 31.2 Å². The standard InChI is InChI=1S/C15H25NO3S/c1-5-13-6-8-14(9-7-13)15(16-3)12(2)20(17,18)11-10-19-4/h6-9,12,15-16H,5,10-11H2,1-4H3. The fourth-order valence-corrected chi connectivity index (χ4v) is 3.70. The zero-order valence-corrected chi connectivity index (χ0v) is 13.5. The quantitative estimate of drug-likeness (QED) is 0.797. The predicted octanol–water partition coefficient (Wildman–Crippen LogP) is 1.96. The molecule has 0 aliphatic heterocycles. The van der Waals surface area contributed by atoms with E-state index in [0.717, 1.165) is 12.0 Å². The number of rotatable bonds is 8. The van der Waals surface area contributed by atoms with Crippen LogP contribution in [0.1, 0.15) is 31.0 Å². The van der Waals surface area contributed by atoms with Gasteiger partial charge >= 0.3 is 0 Å². The number of nitrogens with one attached hydrogen (secondary N) is 1. The van der Waals surface area contributed by atoms with Crippen molar-refractivity contribution >= 4 is 9.84 Å². The van der Waals surface area contributed by atoms with Gasteiger partial charge in [0.1, 0.15) is 0 Å². The Labute approximate surface area is 122 Å². The van der Waals surface area contributed by atoms with E-state index in [4.69, 9.17) is 4.74 Å². The largest absolute Gasteiger partial charge is 0.384 e. The third kappa shape index (κ3) is 4.30. The summed E-state index contributed by atoms with van der Waals surface area (Å²) in [5.41, 5.74) is 2.25. The highest BCUT2D eigenvalue weighted by molar-refractivity contribution is 7.92. The van der Waals surface area contributed by atoms with Crippen molar-refractivity contribution in [1.82, 2.24) is 5.32 Å². The highest BCUT2D eigenvalue weighted by Gasteiger charge is 2.29. The van der Waals surface area contributed by atoms with E-state index in [1.807, 2.05) is 24.3 Å². The van der Waals surface area contributed by atoms with E-state index in [9.17, 15) is 8.42 Å². The van der Waals surface area contributed by atoms with Crippen LogP contribution >= 0.6 is 0 Å². The lowest BCUT2D eigenvalue weighted by atomic mass is 10.0. The molecule has 0 fully saturated rings. The van der Waals surface area contributed by atoms with E-state index in [0.29, 0.717) is 0 Å². The monoisotopic (exact) mass is 299 g/mol. The van der Waals surface area contributed by atoms with Crippen LogP contribution in [0.15, 0.2) is 24.3 Å². The summed E-state index contributed by atoms with van der Waals surface area (Å²) in [5.74, 6) is 0.0515. The van der Waals surface area contributed by atoms with Crippen molar-refractivity contribution in [2.24, 2.45) is 0 Å². The van der Waals surface area contributed by atoms with Crippen LogP contribution in [0.4, 0.5) is 0 Å². The first-order valence-corrected chi connectivity index (χ1v) is 8.64. The lowest BCUT2D eigenvalue weighted by Crippen LogP contribution is -2.35. The lowest BCUT2D eigenvalue weighted by molar-refractivity contribution is 0.217. The molecule has 1 rings (SSSR count). The average molecular weight is 299 g/mol. The molecule has 2 unspecified atom stereocenters. The Morgan fingerprint density at radius 1 is 1.25 bits per heavy atom. The number of aryl methyl sites for hydroxylation is 1. The highest BCUT2D eigenvalue weighted by Crippen LogP contribution is 2.23. The van der Waals surface area contributed by atoms with Crippen molar-refractivity contribution in [2.45, 2.75) is 31.6 Å². The van der Waals surface area contributed by atoms with Gasteiger partial charge < -0.3 is 10.1 Å². The van der Waals surface area contributed by atoms with Crippen LogP contribution in [0.5, 0.6) is 0 Å². The Morgan fingerprint density at radius 2 is 1.85 bits per heavy atom. The fourth-order valence-electron chi connectivity index (χ4n) is 2.23. The third-order valence-electron chi connectivity index (χ3n) is 3.67. The second kappa shape index (κ2) is 7.76. The topological polar surface area (TPSA) is 55.4 Å². The number of methoxy groups -OCH3 is 1. The number of ether oxygens (including phenoxy) is 1. The van der Waals surface area contributed by atoms with Crippen molar-refractivity contribution in [3.63, 3.8) is 0 Å². The summed E-state index contributed by atoms with van der Waals surface area (Å²) in [4.78, 5) is 0. The number of hydrogen-bond donors (Lipinski definition) is 1. The summed E-state index contributed by atoms with van der Waals surface area (Å²) >= 11 is 0. The minimum absolute atomic E-state index is 0.0515. The Bertz CT molecular complexity index is 496.